The molecule has 2 aliphatic rings. The lowest BCUT2D eigenvalue weighted by Crippen LogP contribution is -2.27. The van der Waals surface area contributed by atoms with Crippen molar-refractivity contribution in [2.24, 2.45) is 11.8 Å². The van der Waals surface area contributed by atoms with Gasteiger partial charge in [-0.25, -0.2) is 9.50 Å². The first-order valence-electron chi connectivity index (χ1n) is 12.5. The Labute approximate surface area is 204 Å². The molecule has 1 N–H and O–H groups in total. The number of pyridine rings is 1. The molecule has 4 aromatic heterocycles. The quantitative estimate of drug-likeness (QED) is 0.402. The molecule has 1 aliphatic carbocycles. The van der Waals surface area contributed by atoms with E-state index in [4.69, 9.17) is 0 Å². The van der Waals surface area contributed by atoms with Gasteiger partial charge < -0.3 is 4.98 Å². The second-order valence-electron chi connectivity index (χ2n) is 10.9. The molecule has 1 aliphatic heterocycles. The van der Waals surface area contributed by atoms with E-state index in [1.165, 1.54) is 45.4 Å². The van der Waals surface area contributed by atoms with E-state index in [9.17, 15) is 4.79 Å². The average molecular weight is 476 g/mol. The van der Waals surface area contributed by atoms with Crippen LogP contribution in [0, 0.1) is 25.7 Å². The molecule has 3 atom stereocenters. The predicted molar refractivity (Wildman–Crippen MR) is 138 cm³/mol. The summed E-state index contributed by atoms with van der Waals surface area (Å²) >= 11 is 1.97. The molecule has 6 rings (SSSR count). The number of ketones is 1. The molecule has 0 spiro atoms. The van der Waals surface area contributed by atoms with Gasteiger partial charge in [-0.15, -0.1) is 11.3 Å². The Balaban J connectivity index is 1.35. The Morgan fingerprint density at radius 3 is 2.65 bits per heavy atom. The fourth-order valence-corrected chi connectivity index (χ4v) is 8.08. The molecule has 0 bridgehead atoms. The predicted octanol–water partition coefficient (Wildman–Crippen LogP) is 5.69. The number of rotatable bonds is 5. The topological polar surface area (TPSA) is 66.3 Å². The van der Waals surface area contributed by atoms with Crippen molar-refractivity contribution >= 4 is 33.0 Å². The van der Waals surface area contributed by atoms with Crippen LogP contribution in [-0.2, 0) is 4.79 Å². The number of aromatic nitrogens is 4. The zero-order valence-corrected chi connectivity index (χ0v) is 21.5. The number of thiophene rings is 1. The van der Waals surface area contributed by atoms with Gasteiger partial charge in [-0.2, -0.15) is 5.10 Å². The van der Waals surface area contributed by atoms with Gasteiger partial charge >= 0.3 is 0 Å². The van der Waals surface area contributed by atoms with Gasteiger partial charge in [-0.1, -0.05) is 13.8 Å². The minimum atomic E-state index is 0.287. The summed E-state index contributed by atoms with van der Waals surface area (Å²) in [5.41, 5.74) is 7.32. The molecule has 34 heavy (non-hydrogen) atoms. The van der Waals surface area contributed by atoms with Crippen molar-refractivity contribution in [1.82, 2.24) is 24.5 Å². The van der Waals surface area contributed by atoms with Crippen LogP contribution in [0.3, 0.4) is 0 Å². The Hall–Kier alpha value is -2.51. The number of H-pyrrole nitrogens is 1. The Bertz CT molecular complexity index is 1400. The molecule has 0 unspecified atom stereocenters. The molecule has 0 aromatic carbocycles. The molecular weight excluding hydrogens is 442 g/mol. The largest absolute Gasteiger partial charge is 0.346 e. The fourth-order valence-electron chi connectivity index (χ4n) is 6.73. The van der Waals surface area contributed by atoms with E-state index in [2.05, 4.69) is 59.9 Å². The summed E-state index contributed by atoms with van der Waals surface area (Å²) in [6.45, 7) is 13.5. The second kappa shape index (κ2) is 8.02. The highest BCUT2D eigenvalue weighted by atomic mass is 32.1. The van der Waals surface area contributed by atoms with Crippen LogP contribution in [-0.4, -0.2) is 49.9 Å². The highest BCUT2D eigenvalue weighted by Gasteiger charge is 2.42. The Morgan fingerprint density at radius 2 is 1.97 bits per heavy atom. The van der Waals surface area contributed by atoms with E-state index < -0.39 is 0 Å². The summed E-state index contributed by atoms with van der Waals surface area (Å²) in [5, 5.41) is 5.81. The number of Topliss-reactive ketones (excluding diaryl/α,β-unsaturated/α-hetero) is 1. The Morgan fingerprint density at radius 1 is 1.24 bits per heavy atom. The van der Waals surface area contributed by atoms with Gasteiger partial charge in [0.2, 0.25) is 0 Å². The first-order valence-corrected chi connectivity index (χ1v) is 13.3. The van der Waals surface area contributed by atoms with E-state index >= 15 is 0 Å². The summed E-state index contributed by atoms with van der Waals surface area (Å²) in [4.78, 5) is 25.0. The summed E-state index contributed by atoms with van der Waals surface area (Å²) < 4.78 is 1.88. The maximum absolute atomic E-state index is 11.6. The summed E-state index contributed by atoms with van der Waals surface area (Å²) in [6, 6.07) is 2.23. The number of carbonyl (C=O) groups excluding carboxylic acids is 1. The van der Waals surface area contributed by atoms with Crippen LogP contribution < -0.4 is 0 Å². The lowest BCUT2D eigenvalue weighted by Gasteiger charge is -2.17. The summed E-state index contributed by atoms with van der Waals surface area (Å²) in [6.07, 6.45) is 6.23. The van der Waals surface area contributed by atoms with Crippen molar-refractivity contribution in [3.63, 3.8) is 0 Å². The number of nitrogens with zero attached hydrogens (tertiary/aromatic N) is 4. The molecule has 2 fully saturated rings. The first kappa shape index (κ1) is 22.0. The molecule has 1 saturated carbocycles. The second-order valence-corrected chi connectivity index (χ2v) is 11.9. The van der Waals surface area contributed by atoms with Gasteiger partial charge in [0.05, 0.1) is 12.2 Å². The van der Waals surface area contributed by atoms with E-state index in [-0.39, 0.29) is 5.78 Å². The highest BCUT2D eigenvalue weighted by molar-refractivity contribution is 7.19. The molecular formula is C27H33N5OS. The molecule has 7 heteroatoms. The van der Waals surface area contributed by atoms with Crippen molar-refractivity contribution in [2.75, 3.05) is 19.6 Å². The van der Waals surface area contributed by atoms with E-state index in [0.29, 0.717) is 18.4 Å². The smallest absolute Gasteiger partial charge is 0.158 e. The zero-order chi connectivity index (χ0) is 23.7. The monoisotopic (exact) mass is 475 g/mol. The SMILES string of the molecule is CC(=O)CN1C[C@H]2C[C@@H](c3sc4[nH]c(-c5cc(C)c6ncnn6c5)c(C(C)C)c4c3C)C[C@H]2C1. The number of aromatic amines is 1. The van der Waals surface area contributed by atoms with Crippen LogP contribution in [0.1, 0.15) is 67.0 Å². The van der Waals surface area contributed by atoms with Gasteiger partial charge in [0.1, 0.15) is 16.9 Å². The van der Waals surface area contributed by atoms with Gasteiger partial charge in [0.15, 0.2) is 5.65 Å². The Kier molecular flexibility index (Phi) is 5.19. The van der Waals surface area contributed by atoms with E-state index in [0.717, 1.165) is 36.1 Å². The first-order chi connectivity index (χ1) is 16.3. The van der Waals surface area contributed by atoms with E-state index in [1.54, 1.807) is 18.1 Å². The fraction of sp³-hybridized carbons (Fsp3) is 0.519. The van der Waals surface area contributed by atoms with Crippen LogP contribution in [0.2, 0.25) is 0 Å². The van der Waals surface area contributed by atoms with Crippen molar-refractivity contribution in [1.29, 1.82) is 0 Å². The molecule has 178 valence electrons. The van der Waals surface area contributed by atoms with Crippen LogP contribution in [0.15, 0.2) is 18.6 Å². The minimum Gasteiger partial charge on any atom is -0.346 e. The number of likely N-dealkylation sites (tertiary alicyclic amines) is 1. The lowest BCUT2D eigenvalue weighted by molar-refractivity contribution is -0.117. The van der Waals surface area contributed by atoms with Gasteiger partial charge in [0, 0.05) is 35.1 Å². The number of fused-ring (bicyclic) bond motifs is 3. The van der Waals surface area contributed by atoms with Gasteiger partial charge in [-0.05, 0) is 80.0 Å². The van der Waals surface area contributed by atoms with Gasteiger partial charge in [-0.3, -0.25) is 9.69 Å². The minimum absolute atomic E-state index is 0.287. The van der Waals surface area contributed by atoms with Crippen LogP contribution in [0.25, 0.3) is 27.1 Å². The van der Waals surface area contributed by atoms with Crippen LogP contribution in [0.5, 0.6) is 0 Å². The van der Waals surface area contributed by atoms with E-state index in [1.807, 2.05) is 15.9 Å². The third-order valence-corrected chi connectivity index (χ3v) is 9.40. The molecule has 0 amide bonds. The highest BCUT2D eigenvalue weighted by Crippen LogP contribution is 2.51. The van der Waals surface area contributed by atoms with Crippen molar-refractivity contribution in [3.8, 4) is 11.3 Å². The molecule has 4 aromatic rings. The summed E-state index contributed by atoms with van der Waals surface area (Å²) in [7, 11) is 0. The molecule has 0 radical (unpaired) electrons. The van der Waals surface area contributed by atoms with Crippen molar-refractivity contribution in [3.05, 3.63) is 40.2 Å². The molecule has 5 heterocycles. The van der Waals surface area contributed by atoms with Crippen LogP contribution >= 0.6 is 11.3 Å². The maximum atomic E-state index is 11.6. The number of aryl methyl sites for hydroxylation is 2. The third kappa shape index (κ3) is 3.43. The zero-order valence-electron chi connectivity index (χ0n) is 20.7. The van der Waals surface area contributed by atoms with Crippen LogP contribution in [0.4, 0.5) is 0 Å². The molecule has 1 saturated heterocycles. The van der Waals surface area contributed by atoms with Crippen molar-refractivity contribution in [2.45, 2.75) is 59.3 Å². The maximum Gasteiger partial charge on any atom is 0.158 e. The standard InChI is InChI=1S/C27H33N5OS/c1-14(2)22-23-17(5)25(18-7-19-10-31(9-16(4)33)11-20(19)8-18)34-27(23)30-24(22)21-6-15(3)26-28-13-29-32(26)12-21/h6,12-14,18-20,30H,7-11H2,1-5H3/t18-,19-,20+. The van der Waals surface area contributed by atoms with Gasteiger partial charge in [0.25, 0.3) is 0 Å². The average Bonchev–Trinajstić information content (AvgIpc) is 3.53. The number of hydrogen-bond donors (Lipinski definition) is 1. The molecule has 6 nitrogen and oxygen atoms in total. The third-order valence-electron chi connectivity index (χ3n) is 8.03. The van der Waals surface area contributed by atoms with Crippen molar-refractivity contribution < 1.29 is 4.79 Å². The number of hydrogen-bond acceptors (Lipinski definition) is 5. The number of nitrogens with one attached hydrogen (secondary N) is 1. The number of carbonyl (C=O) groups is 1. The lowest BCUT2D eigenvalue weighted by atomic mass is 9.93. The summed E-state index contributed by atoms with van der Waals surface area (Å²) in [5.74, 6) is 2.83. The normalized spacial score (nSPS) is 23.1.